The van der Waals surface area contributed by atoms with E-state index in [0.717, 1.165) is 31.5 Å². The Morgan fingerprint density at radius 3 is 2.64 bits per heavy atom. The number of hydrogen-bond acceptors (Lipinski definition) is 7. The minimum atomic E-state index is -0.764. The van der Waals surface area contributed by atoms with Crippen LogP contribution in [0.2, 0.25) is 0 Å². The minimum absolute atomic E-state index is 0.134. The molecular formula is C17H22N2O6. The van der Waals surface area contributed by atoms with Crippen molar-refractivity contribution in [3.63, 3.8) is 0 Å². The van der Waals surface area contributed by atoms with Gasteiger partial charge in [-0.1, -0.05) is 12.1 Å². The summed E-state index contributed by atoms with van der Waals surface area (Å²) in [7, 11) is 0. The van der Waals surface area contributed by atoms with Gasteiger partial charge in [-0.05, 0) is 49.0 Å². The molecule has 1 N–H and O–H groups in total. The Morgan fingerprint density at radius 2 is 2.00 bits per heavy atom. The number of hydrogen-bond donors (Lipinski definition) is 1. The zero-order chi connectivity index (χ0) is 18.1. The van der Waals surface area contributed by atoms with Gasteiger partial charge in [-0.25, -0.2) is 4.79 Å². The number of aromatic hydroxyl groups is 1. The van der Waals surface area contributed by atoms with Crippen molar-refractivity contribution in [1.82, 2.24) is 4.90 Å². The zero-order valence-corrected chi connectivity index (χ0v) is 13.9. The number of carbonyl (C=O) groups is 1. The molecule has 0 radical (unpaired) electrons. The van der Waals surface area contributed by atoms with Gasteiger partial charge in [-0.15, -0.1) is 10.1 Å². The average molecular weight is 350 g/mol. The van der Waals surface area contributed by atoms with E-state index >= 15 is 0 Å². The number of nitrogens with zero attached hydrogens (tertiary/aromatic N) is 2. The Kier molecular flexibility index (Phi) is 7.21. The van der Waals surface area contributed by atoms with E-state index in [1.54, 1.807) is 30.3 Å². The van der Waals surface area contributed by atoms with Crippen LogP contribution in [0.1, 0.15) is 24.8 Å². The van der Waals surface area contributed by atoms with E-state index in [4.69, 9.17) is 4.74 Å². The molecule has 0 atom stereocenters. The molecule has 0 spiro atoms. The molecule has 1 aliphatic heterocycles. The summed E-state index contributed by atoms with van der Waals surface area (Å²) in [6.45, 7) is 1.95. The van der Waals surface area contributed by atoms with Crippen LogP contribution in [0, 0.1) is 16.0 Å². The first-order chi connectivity index (χ1) is 12.0. The van der Waals surface area contributed by atoms with Gasteiger partial charge in [0.2, 0.25) is 0 Å². The van der Waals surface area contributed by atoms with Crippen LogP contribution in [0.25, 0.3) is 6.08 Å². The average Bonchev–Trinajstić information content (AvgIpc) is 2.60. The molecule has 1 fully saturated rings. The minimum Gasteiger partial charge on any atom is -0.508 e. The van der Waals surface area contributed by atoms with Crippen LogP contribution in [-0.4, -0.2) is 47.5 Å². The maximum Gasteiger partial charge on any atom is 0.332 e. The van der Waals surface area contributed by atoms with Crippen LogP contribution in [-0.2, 0) is 14.4 Å². The van der Waals surface area contributed by atoms with Crippen molar-refractivity contribution in [3.8, 4) is 5.75 Å². The molecule has 0 amide bonds. The van der Waals surface area contributed by atoms with Gasteiger partial charge in [0.05, 0.1) is 6.61 Å². The third-order valence-electron chi connectivity index (χ3n) is 4.12. The van der Waals surface area contributed by atoms with Crippen LogP contribution in [0.15, 0.2) is 30.3 Å². The summed E-state index contributed by atoms with van der Waals surface area (Å²) >= 11 is 0. The number of esters is 1. The van der Waals surface area contributed by atoms with Crippen molar-refractivity contribution in [2.24, 2.45) is 5.92 Å². The first kappa shape index (κ1) is 18.7. The highest BCUT2D eigenvalue weighted by molar-refractivity contribution is 5.87. The molecule has 0 unspecified atom stereocenters. The molecule has 0 aliphatic carbocycles. The van der Waals surface area contributed by atoms with Crippen molar-refractivity contribution in [2.45, 2.75) is 19.3 Å². The van der Waals surface area contributed by atoms with Crippen LogP contribution in [0.5, 0.6) is 5.75 Å². The fourth-order valence-corrected chi connectivity index (χ4v) is 2.65. The standard InChI is InChI=1S/C17H22N2O6/c20-16-4-1-14(2-5-16)3-6-17(21)24-13-18-10-7-15(8-11-18)9-12-25-19(22)23/h1-6,15,20H,7-13H2/b6-3+. The first-order valence-corrected chi connectivity index (χ1v) is 8.16. The molecule has 2 rings (SSSR count). The quantitative estimate of drug-likeness (QED) is 0.332. The van der Waals surface area contributed by atoms with E-state index < -0.39 is 11.1 Å². The molecular weight excluding hydrogens is 328 g/mol. The molecule has 8 heteroatoms. The monoisotopic (exact) mass is 350 g/mol. The second kappa shape index (κ2) is 9.63. The Labute approximate surface area is 145 Å². The zero-order valence-electron chi connectivity index (χ0n) is 13.9. The number of carbonyl (C=O) groups excluding carboxylic acids is 1. The van der Waals surface area contributed by atoms with Crippen LogP contribution in [0.4, 0.5) is 0 Å². The van der Waals surface area contributed by atoms with E-state index in [-0.39, 0.29) is 19.1 Å². The SMILES string of the molecule is O=C(/C=C/c1ccc(O)cc1)OCN1CCC(CCO[N+](=O)[O-])CC1. The van der Waals surface area contributed by atoms with E-state index in [1.165, 1.54) is 6.08 Å². The third kappa shape index (κ3) is 7.21. The molecule has 0 aromatic heterocycles. The van der Waals surface area contributed by atoms with Gasteiger partial charge < -0.3 is 14.7 Å². The summed E-state index contributed by atoms with van der Waals surface area (Å²) in [5, 5.41) is 18.5. The second-order valence-electron chi connectivity index (χ2n) is 5.92. The van der Waals surface area contributed by atoms with Crippen LogP contribution < -0.4 is 0 Å². The summed E-state index contributed by atoms with van der Waals surface area (Å²) < 4.78 is 5.21. The Bertz CT molecular complexity index is 594. The van der Waals surface area contributed by atoms with Crippen molar-refractivity contribution in [2.75, 3.05) is 26.4 Å². The lowest BCUT2D eigenvalue weighted by atomic mass is 9.94. The number of likely N-dealkylation sites (tertiary alicyclic amines) is 1. The van der Waals surface area contributed by atoms with Crippen LogP contribution >= 0.6 is 0 Å². The van der Waals surface area contributed by atoms with E-state index in [2.05, 4.69) is 4.84 Å². The Hall–Kier alpha value is -2.61. The third-order valence-corrected chi connectivity index (χ3v) is 4.12. The lowest BCUT2D eigenvalue weighted by Gasteiger charge is -2.31. The lowest BCUT2D eigenvalue weighted by molar-refractivity contribution is -0.758. The van der Waals surface area contributed by atoms with Gasteiger partial charge in [0.25, 0.3) is 5.09 Å². The number of phenols is 1. The maximum absolute atomic E-state index is 11.7. The van der Waals surface area contributed by atoms with E-state index in [1.807, 2.05) is 4.90 Å². The largest absolute Gasteiger partial charge is 0.508 e. The summed E-state index contributed by atoms with van der Waals surface area (Å²) in [4.78, 5) is 28.2. The van der Waals surface area contributed by atoms with Gasteiger partial charge >= 0.3 is 5.97 Å². The number of ether oxygens (including phenoxy) is 1. The highest BCUT2D eigenvalue weighted by Crippen LogP contribution is 2.20. The van der Waals surface area contributed by atoms with Gasteiger partial charge in [0.15, 0.2) is 0 Å². The van der Waals surface area contributed by atoms with Crippen molar-refractivity contribution in [1.29, 1.82) is 0 Å². The van der Waals surface area contributed by atoms with E-state index in [0.29, 0.717) is 12.3 Å². The molecule has 1 aromatic carbocycles. The number of phenolic OH excluding ortho intramolecular Hbond substituents is 1. The number of piperidine rings is 1. The van der Waals surface area contributed by atoms with Crippen LogP contribution in [0.3, 0.4) is 0 Å². The lowest BCUT2D eigenvalue weighted by Crippen LogP contribution is -2.36. The van der Waals surface area contributed by atoms with E-state index in [9.17, 15) is 20.0 Å². The number of rotatable bonds is 8. The molecule has 8 nitrogen and oxygen atoms in total. The predicted octanol–water partition coefficient (Wildman–Crippen LogP) is 2.22. The second-order valence-corrected chi connectivity index (χ2v) is 5.92. The summed E-state index contributed by atoms with van der Waals surface area (Å²) in [5.74, 6) is 0.156. The maximum atomic E-state index is 11.7. The topological polar surface area (TPSA) is 102 Å². The van der Waals surface area contributed by atoms with Gasteiger partial charge in [0, 0.05) is 19.2 Å². The van der Waals surface area contributed by atoms with Crippen molar-refractivity contribution >= 4 is 12.0 Å². The first-order valence-electron chi connectivity index (χ1n) is 8.16. The molecule has 1 aliphatic rings. The predicted molar refractivity (Wildman–Crippen MR) is 90.0 cm³/mol. The summed E-state index contributed by atoms with van der Waals surface area (Å²) in [6, 6.07) is 6.50. The molecule has 0 bridgehead atoms. The molecule has 0 saturated carbocycles. The molecule has 136 valence electrons. The highest BCUT2D eigenvalue weighted by atomic mass is 16.9. The van der Waals surface area contributed by atoms with Gasteiger partial charge in [-0.2, -0.15) is 0 Å². The Morgan fingerprint density at radius 1 is 1.32 bits per heavy atom. The fourth-order valence-electron chi connectivity index (χ4n) is 2.65. The molecule has 25 heavy (non-hydrogen) atoms. The molecule has 1 heterocycles. The summed E-state index contributed by atoms with van der Waals surface area (Å²) in [6.07, 6.45) is 5.46. The van der Waals surface area contributed by atoms with Crippen molar-refractivity contribution < 1.29 is 24.6 Å². The van der Waals surface area contributed by atoms with Gasteiger partial charge in [-0.3, -0.25) is 4.90 Å². The highest BCUT2D eigenvalue weighted by Gasteiger charge is 2.19. The smallest absolute Gasteiger partial charge is 0.332 e. The molecule has 1 aromatic rings. The molecule has 1 saturated heterocycles. The Balaban J connectivity index is 1.62. The fraction of sp³-hybridized carbons (Fsp3) is 0.471. The van der Waals surface area contributed by atoms with Gasteiger partial charge in [0.1, 0.15) is 12.5 Å². The summed E-state index contributed by atoms with van der Waals surface area (Å²) in [5.41, 5.74) is 0.799. The van der Waals surface area contributed by atoms with Crippen molar-refractivity contribution in [3.05, 3.63) is 46.0 Å². The number of benzene rings is 1. The normalized spacial score (nSPS) is 16.0.